The molecule has 25 heavy (non-hydrogen) atoms. The van der Waals surface area contributed by atoms with Crippen molar-refractivity contribution in [3.05, 3.63) is 53.1 Å². The molecule has 0 radical (unpaired) electrons. The number of halogens is 1. The Morgan fingerprint density at radius 3 is 2.48 bits per heavy atom. The van der Waals surface area contributed by atoms with Crippen molar-refractivity contribution in [3.63, 3.8) is 0 Å². The second kappa shape index (κ2) is 8.94. The molecule has 0 aromatic heterocycles. The summed E-state index contributed by atoms with van der Waals surface area (Å²) in [6.07, 6.45) is 0. The second-order valence-electron chi connectivity index (χ2n) is 5.16. The number of methoxy groups -OCH3 is 1. The highest BCUT2D eigenvalue weighted by molar-refractivity contribution is 6.30. The Hall–Kier alpha value is -2.73. The van der Waals surface area contributed by atoms with Crippen molar-refractivity contribution in [3.8, 4) is 11.5 Å². The van der Waals surface area contributed by atoms with E-state index in [0.717, 1.165) is 5.56 Å². The molecular weight excluding hydrogens is 346 g/mol. The van der Waals surface area contributed by atoms with Crippen LogP contribution in [0.3, 0.4) is 0 Å². The van der Waals surface area contributed by atoms with Gasteiger partial charge in [-0.05, 0) is 48.9 Å². The maximum Gasteiger partial charge on any atom is 0.344 e. The van der Waals surface area contributed by atoms with Crippen molar-refractivity contribution in [2.24, 2.45) is 0 Å². The zero-order chi connectivity index (χ0) is 18.2. The fraction of sp³-hybridized carbons (Fsp3) is 0.222. The molecule has 0 spiro atoms. The maximum atomic E-state index is 11.9. The molecule has 1 N–H and O–H groups in total. The van der Waals surface area contributed by atoms with Gasteiger partial charge in [-0.3, -0.25) is 4.79 Å². The molecule has 132 valence electrons. The minimum atomic E-state index is -0.652. The van der Waals surface area contributed by atoms with Crippen LogP contribution in [0.4, 0.5) is 5.69 Å². The maximum absolute atomic E-state index is 11.9. The molecule has 0 heterocycles. The van der Waals surface area contributed by atoms with E-state index in [2.05, 4.69) is 5.32 Å². The average molecular weight is 364 g/mol. The van der Waals surface area contributed by atoms with Gasteiger partial charge in [-0.2, -0.15) is 0 Å². The number of hydrogen-bond donors (Lipinski definition) is 1. The molecule has 2 aromatic rings. The minimum Gasteiger partial charge on any atom is -0.495 e. The number of anilines is 1. The van der Waals surface area contributed by atoms with Gasteiger partial charge in [0.2, 0.25) is 0 Å². The Morgan fingerprint density at radius 2 is 1.80 bits per heavy atom. The lowest BCUT2D eigenvalue weighted by Crippen LogP contribution is -2.23. The minimum absolute atomic E-state index is 0.303. The lowest BCUT2D eigenvalue weighted by molar-refractivity contribution is -0.149. The molecule has 0 aliphatic rings. The van der Waals surface area contributed by atoms with Crippen molar-refractivity contribution in [2.75, 3.05) is 25.6 Å². The topological polar surface area (TPSA) is 73.9 Å². The zero-order valence-corrected chi connectivity index (χ0v) is 14.6. The predicted octanol–water partition coefficient (Wildman–Crippen LogP) is 3.22. The summed E-state index contributed by atoms with van der Waals surface area (Å²) in [4.78, 5) is 23.5. The number of carbonyl (C=O) groups excluding carboxylic acids is 2. The van der Waals surface area contributed by atoms with E-state index in [-0.39, 0.29) is 6.61 Å². The molecule has 7 heteroatoms. The Labute approximate surface area is 150 Å². The number of aryl methyl sites for hydroxylation is 1. The fourth-order valence-electron chi connectivity index (χ4n) is 1.97. The first-order valence-electron chi connectivity index (χ1n) is 7.46. The van der Waals surface area contributed by atoms with Gasteiger partial charge in [0.25, 0.3) is 5.91 Å². The summed E-state index contributed by atoms with van der Waals surface area (Å²) in [7, 11) is 1.51. The predicted molar refractivity (Wildman–Crippen MR) is 94.3 cm³/mol. The summed E-state index contributed by atoms with van der Waals surface area (Å²) in [5, 5.41) is 3.21. The highest BCUT2D eigenvalue weighted by atomic mass is 35.5. The first-order valence-corrected chi connectivity index (χ1v) is 7.84. The van der Waals surface area contributed by atoms with Gasteiger partial charge in [0.1, 0.15) is 11.5 Å². The second-order valence-corrected chi connectivity index (χ2v) is 5.59. The first kappa shape index (κ1) is 18.6. The van der Waals surface area contributed by atoms with E-state index < -0.39 is 18.5 Å². The Kier molecular flexibility index (Phi) is 6.65. The molecule has 0 atom stereocenters. The molecular formula is C18H18ClNO5. The van der Waals surface area contributed by atoms with Crippen LogP contribution in [-0.2, 0) is 14.3 Å². The zero-order valence-electron chi connectivity index (χ0n) is 13.9. The molecule has 0 aliphatic heterocycles. The van der Waals surface area contributed by atoms with Crippen LogP contribution in [0.25, 0.3) is 0 Å². The van der Waals surface area contributed by atoms with Crippen molar-refractivity contribution in [2.45, 2.75) is 6.92 Å². The van der Waals surface area contributed by atoms with Crippen LogP contribution in [0.2, 0.25) is 5.02 Å². The van der Waals surface area contributed by atoms with Gasteiger partial charge < -0.3 is 19.5 Å². The Morgan fingerprint density at radius 1 is 1.08 bits per heavy atom. The number of esters is 1. The van der Waals surface area contributed by atoms with Gasteiger partial charge in [-0.15, -0.1) is 0 Å². The Bertz CT molecular complexity index is 746. The fourth-order valence-corrected chi connectivity index (χ4v) is 2.09. The summed E-state index contributed by atoms with van der Waals surface area (Å²) in [6.45, 7) is 1.17. The van der Waals surface area contributed by atoms with Gasteiger partial charge in [0.05, 0.1) is 12.8 Å². The number of rotatable bonds is 7. The number of benzene rings is 2. The van der Waals surface area contributed by atoms with E-state index in [1.807, 2.05) is 13.0 Å². The first-order chi connectivity index (χ1) is 12.0. The lowest BCUT2D eigenvalue weighted by Gasteiger charge is -2.11. The van der Waals surface area contributed by atoms with Crippen molar-refractivity contribution < 1.29 is 23.8 Å². The summed E-state index contributed by atoms with van der Waals surface area (Å²) in [6, 6.07) is 11.9. The molecule has 0 bridgehead atoms. The van der Waals surface area contributed by atoms with Crippen LogP contribution < -0.4 is 14.8 Å². The van der Waals surface area contributed by atoms with Crippen LogP contribution in [0.5, 0.6) is 11.5 Å². The SMILES string of the molecule is COc1ccc(C)cc1NC(=O)COC(=O)COc1ccc(Cl)cc1. The lowest BCUT2D eigenvalue weighted by atomic mass is 10.2. The van der Waals surface area contributed by atoms with Crippen LogP contribution in [0, 0.1) is 6.92 Å². The Balaban J connectivity index is 1.78. The van der Waals surface area contributed by atoms with Gasteiger partial charge in [0, 0.05) is 5.02 Å². The highest BCUT2D eigenvalue weighted by Gasteiger charge is 2.11. The van der Waals surface area contributed by atoms with Crippen LogP contribution in [-0.4, -0.2) is 32.2 Å². The molecule has 2 rings (SSSR count). The molecule has 0 aliphatic carbocycles. The number of hydrogen-bond acceptors (Lipinski definition) is 5. The van der Waals surface area contributed by atoms with E-state index in [1.54, 1.807) is 36.4 Å². The molecule has 0 fully saturated rings. The molecule has 2 aromatic carbocycles. The normalized spacial score (nSPS) is 10.0. The van der Waals surface area contributed by atoms with E-state index in [0.29, 0.717) is 22.2 Å². The van der Waals surface area contributed by atoms with E-state index in [9.17, 15) is 9.59 Å². The third-order valence-corrected chi connectivity index (χ3v) is 3.42. The molecule has 0 unspecified atom stereocenters. The van der Waals surface area contributed by atoms with E-state index in [4.69, 9.17) is 25.8 Å². The molecule has 6 nitrogen and oxygen atoms in total. The van der Waals surface area contributed by atoms with Crippen molar-refractivity contribution in [1.29, 1.82) is 0 Å². The highest BCUT2D eigenvalue weighted by Crippen LogP contribution is 2.25. The molecule has 0 saturated carbocycles. The number of nitrogens with one attached hydrogen (secondary N) is 1. The number of carbonyl (C=O) groups is 2. The number of amides is 1. The summed E-state index contributed by atoms with van der Waals surface area (Å²) >= 11 is 5.76. The quantitative estimate of drug-likeness (QED) is 0.764. The van der Waals surface area contributed by atoms with Crippen LogP contribution in [0.15, 0.2) is 42.5 Å². The molecule has 0 saturated heterocycles. The summed E-state index contributed by atoms with van der Waals surface area (Å²) < 4.78 is 15.3. The van der Waals surface area contributed by atoms with Gasteiger partial charge in [-0.1, -0.05) is 17.7 Å². The largest absolute Gasteiger partial charge is 0.495 e. The van der Waals surface area contributed by atoms with Crippen LogP contribution in [0.1, 0.15) is 5.56 Å². The summed E-state index contributed by atoms with van der Waals surface area (Å²) in [5.41, 5.74) is 1.48. The van der Waals surface area contributed by atoms with Crippen molar-refractivity contribution in [1.82, 2.24) is 0 Å². The van der Waals surface area contributed by atoms with Gasteiger partial charge >= 0.3 is 5.97 Å². The smallest absolute Gasteiger partial charge is 0.344 e. The van der Waals surface area contributed by atoms with Crippen LogP contribution >= 0.6 is 11.6 Å². The monoisotopic (exact) mass is 363 g/mol. The van der Waals surface area contributed by atoms with Gasteiger partial charge in [-0.25, -0.2) is 4.79 Å². The third kappa shape index (κ3) is 6.00. The van der Waals surface area contributed by atoms with E-state index in [1.165, 1.54) is 7.11 Å². The molecule has 1 amide bonds. The van der Waals surface area contributed by atoms with E-state index >= 15 is 0 Å². The van der Waals surface area contributed by atoms with Crippen molar-refractivity contribution >= 4 is 29.2 Å². The van der Waals surface area contributed by atoms with Gasteiger partial charge in [0.15, 0.2) is 13.2 Å². The standard InChI is InChI=1S/C18H18ClNO5/c1-12-3-8-16(23-2)15(9-12)20-17(21)10-25-18(22)11-24-14-6-4-13(19)5-7-14/h3-9H,10-11H2,1-2H3,(H,20,21). The number of ether oxygens (including phenoxy) is 3. The average Bonchev–Trinajstić information content (AvgIpc) is 2.59. The third-order valence-electron chi connectivity index (χ3n) is 3.16. The summed E-state index contributed by atoms with van der Waals surface area (Å²) in [5.74, 6) is -0.114.